The summed E-state index contributed by atoms with van der Waals surface area (Å²) in [6.45, 7) is 4.13. The van der Waals surface area contributed by atoms with Gasteiger partial charge in [0.15, 0.2) is 0 Å². The van der Waals surface area contributed by atoms with Crippen LogP contribution in [0.15, 0.2) is 78.9 Å². The fourth-order valence-electron chi connectivity index (χ4n) is 3.92. The lowest BCUT2D eigenvalue weighted by Crippen LogP contribution is -2.52. The molecule has 0 aliphatic rings. The Bertz CT molecular complexity index is 1100. The van der Waals surface area contributed by atoms with E-state index in [0.29, 0.717) is 12.2 Å². The molecule has 0 aliphatic heterocycles. The predicted octanol–water partition coefficient (Wildman–Crippen LogP) is 4.41. The molecule has 2 amide bonds. The fourth-order valence-corrected chi connectivity index (χ4v) is 3.92. The molecule has 0 heterocycles. The Morgan fingerprint density at radius 1 is 0.800 bits per heavy atom. The molecule has 1 unspecified atom stereocenters. The lowest BCUT2D eigenvalue weighted by atomic mass is 10.0. The van der Waals surface area contributed by atoms with Crippen LogP contribution >= 0.6 is 0 Å². The first-order chi connectivity index (χ1) is 16.9. The molecular weight excluding hydrogens is 440 g/mol. The van der Waals surface area contributed by atoms with Crippen molar-refractivity contribution >= 4 is 11.8 Å². The molecule has 1 N–H and O–H groups in total. The molecular formula is C29H34N2O4. The van der Waals surface area contributed by atoms with Crippen LogP contribution in [0.3, 0.4) is 0 Å². The predicted molar refractivity (Wildman–Crippen MR) is 137 cm³/mol. The van der Waals surface area contributed by atoms with Crippen LogP contribution in [0.5, 0.6) is 11.5 Å². The third-order valence-corrected chi connectivity index (χ3v) is 5.70. The zero-order valence-corrected chi connectivity index (χ0v) is 20.9. The van der Waals surface area contributed by atoms with Gasteiger partial charge in [-0.1, -0.05) is 54.6 Å². The monoisotopic (exact) mass is 474 g/mol. The Morgan fingerprint density at radius 2 is 1.46 bits per heavy atom. The van der Waals surface area contributed by atoms with Gasteiger partial charge in [-0.2, -0.15) is 0 Å². The number of nitrogens with one attached hydrogen (secondary N) is 1. The molecule has 0 bridgehead atoms. The maximum absolute atomic E-state index is 13.7. The number of nitrogens with zero attached hydrogens (tertiary/aromatic N) is 1. The van der Waals surface area contributed by atoms with Gasteiger partial charge in [0, 0.05) is 19.0 Å². The molecule has 3 aromatic carbocycles. The number of carbonyl (C=O) groups is 2. The van der Waals surface area contributed by atoms with E-state index in [1.54, 1.807) is 19.1 Å². The molecule has 6 heteroatoms. The molecule has 3 rings (SSSR count). The second kappa shape index (κ2) is 12.6. The van der Waals surface area contributed by atoms with E-state index in [-0.39, 0.29) is 30.8 Å². The lowest BCUT2D eigenvalue weighted by molar-refractivity contribution is -0.141. The molecule has 0 fully saturated rings. The number of carbonyl (C=O) groups excluding carboxylic acids is 2. The zero-order valence-electron chi connectivity index (χ0n) is 20.9. The minimum Gasteiger partial charge on any atom is -0.497 e. The van der Waals surface area contributed by atoms with Gasteiger partial charge in [-0.15, -0.1) is 0 Å². The lowest BCUT2D eigenvalue weighted by Gasteiger charge is -2.32. The molecule has 0 radical (unpaired) electrons. The van der Waals surface area contributed by atoms with Crippen molar-refractivity contribution in [1.82, 2.24) is 10.2 Å². The van der Waals surface area contributed by atoms with E-state index in [1.807, 2.05) is 92.7 Å². The highest BCUT2D eigenvalue weighted by atomic mass is 16.5. The average Bonchev–Trinajstić information content (AvgIpc) is 2.86. The summed E-state index contributed by atoms with van der Waals surface area (Å²) in [6.07, 6.45) is 0.589. The number of benzene rings is 3. The van der Waals surface area contributed by atoms with Gasteiger partial charge in [-0.3, -0.25) is 9.59 Å². The maximum Gasteiger partial charge on any atom is 0.243 e. The average molecular weight is 475 g/mol. The molecule has 0 saturated heterocycles. The van der Waals surface area contributed by atoms with Crippen molar-refractivity contribution in [2.75, 3.05) is 14.2 Å². The highest BCUT2D eigenvalue weighted by molar-refractivity contribution is 5.89. The van der Waals surface area contributed by atoms with Crippen molar-refractivity contribution in [3.63, 3.8) is 0 Å². The maximum atomic E-state index is 13.7. The van der Waals surface area contributed by atoms with Crippen molar-refractivity contribution in [1.29, 1.82) is 0 Å². The molecule has 1 atom stereocenters. The highest BCUT2D eigenvalue weighted by Crippen LogP contribution is 2.20. The molecule has 0 aliphatic carbocycles. The van der Waals surface area contributed by atoms with Crippen LogP contribution < -0.4 is 14.8 Å². The Hall–Kier alpha value is -3.80. The number of hydrogen-bond acceptors (Lipinski definition) is 4. The summed E-state index contributed by atoms with van der Waals surface area (Å²) in [7, 11) is 3.22. The normalized spacial score (nSPS) is 11.6. The molecule has 0 aromatic heterocycles. The van der Waals surface area contributed by atoms with Crippen molar-refractivity contribution in [3.8, 4) is 11.5 Å². The number of amides is 2. The first-order valence-corrected chi connectivity index (χ1v) is 11.8. The van der Waals surface area contributed by atoms with E-state index in [2.05, 4.69) is 5.32 Å². The summed E-state index contributed by atoms with van der Waals surface area (Å²) in [6, 6.07) is 24.1. The number of methoxy groups -OCH3 is 2. The zero-order chi connectivity index (χ0) is 25.2. The third kappa shape index (κ3) is 7.60. The largest absolute Gasteiger partial charge is 0.497 e. The van der Waals surface area contributed by atoms with E-state index in [1.165, 1.54) is 0 Å². The Kier molecular flexibility index (Phi) is 9.30. The van der Waals surface area contributed by atoms with E-state index < -0.39 is 6.04 Å². The standard InChI is InChI=1S/C29H34N2O4/c1-21(2)30-29(33)27(18-22-9-6-5-7-10-22)31(20-24-11-8-12-26(17-24)35-4)28(32)19-23-13-15-25(34-3)16-14-23/h5-17,21,27H,18-20H2,1-4H3,(H,30,33). The molecule has 0 saturated carbocycles. The molecule has 184 valence electrons. The summed E-state index contributed by atoms with van der Waals surface area (Å²) >= 11 is 0. The van der Waals surface area contributed by atoms with Crippen molar-refractivity contribution in [2.24, 2.45) is 0 Å². The fraction of sp³-hybridized carbons (Fsp3) is 0.310. The summed E-state index contributed by atoms with van der Waals surface area (Å²) in [5.41, 5.74) is 2.74. The first-order valence-electron chi connectivity index (χ1n) is 11.8. The molecule has 0 spiro atoms. The molecule has 35 heavy (non-hydrogen) atoms. The van der Waals surface area contributed by atoms with Crippen molar-refractivity contribution in [2.45, 2.75) is 45.3 Å². The second-order valence-corrected chi connectivity index (χ2v) is 8.77. The Labute approximate surface area is 207 Å². The summed E-state index contributed by atoms with van der Waals surface area (Å²) in [5, 5.41) is 3.01. The minimum atomic E-state index is -0.670. The summed E-state index contributed by atoms with van der Waals surface area (Å²) in [5.74, 6) is 1.14. The smallest absolute Gasteiger partial charge is 0.243 e. The topological polar surface area (TPSA) is 67.9 Å². The van der Waals surface area contributed by atoms with Crippen molar-refractivity contribution < 1.29 is 19.1 Å². The summed E-state index contributed by atoms with van der Waals surface area (Å²) in [4.78, 5) is 28.8. The van der Waals surface area contributed by atoms with E-state index >= 15 is 0 Å². The van der Waals surface area contributed by atoms with E-state index in [9.17, 15) is 9.59 Å². The Balaban J connectivity index is 1.96. The third-order valence-electron chi connectivity index (χ3n) is 5.70. The van der Waals surface area contributed by atoms with Gasteiger partial charge in [0.1, 0.15) is 17.5 Å². The molecule has 3 aromatic rings. The van der Waals surface area contributed by atoms with Gasteiger partial charge < -0.3 is 19.7 Å². The number of ether oxygens (including phenoxy) is 2. The van der Waals surface area contributed by atoms with Gasteiger partial charge in [0.25, 0.3) is 0 Å². The van der Waals surface area contributed by atoms with Crippen LogP contribution in [-0.4, -0.2) is 43.0 Å². The quantitative estimate of drug-likeness (QED) is 0.447. The van der Waals surface area contributed by atoms with Gasteiger partial charge in [-0.05, 0) is 54.8 Å². The van der Waals surface area contributed by atoms with Crippen LogP contribution in [0.2, 0.25) is 0 Å². The second-order valence-electron chi connectivity index (χ2n) is 8.77. The SMILES string of the molecule is COc1ccc(CC(=O)N(Cc2cccc(OC)c2)C(Cc2ccccc2)C(=O)NC(C)C)cc1. The van der Waals surface area contributed by atoms with Gasteiger partial charge in [0.2, 0.25) is 11.8 Å². The Morgan fingerprint density at radius 3 is 2.09 bits per heavy atom. The van der Waals surface area contributed by atoms with Crippen LogP contribution in [0, 0.1) is 0 Å². The van der Waals surface area contributed by atoms with Crippen LogP contribution in [0.4, 0.5) is 0 Å². The number of rotatable bonds is 11. The summed E-state index contributed by atoms with van der Waals surface area (Å²) < 4.78 is 10.6. The highest BCUT2D eigenvalue weighted by Gasteiger charge is 2.30. The van der Waals surface area contributed by atoms with Gasteiger partial charge in [0.05, 0.1) is 20.6 Å². The van der Waals surface area contributed by atoms with Crippen molar-refractivity contribution in [3.05, 3.63) is 95.6 Å². The molecule has 6 nitrogen and oxygen atoms in total. The van der Waals surface area contributed by atoms with Crippen LogP contribution in [0.25, 0.3) is 0 Å². The first kappa shape index (κ1) is 25.8. The van der Waals surface area contributed by atoms with Crippen LogP contribution in [0.1, 0.15) is 30.5 Å². The van der Waals surface area contributed by atoms with E-state index in [0.717, 1.165) is 22.4 Å². The van der Waals surface area contributed by atoms with Gasteiger partial charge in [-0.25, -0.2) is 0 Å². The van der Waals surface area contributed by atoms with E-state index in [4.69, 9.17) is 9.47 Å². The van der Waals surface area contributed by atoms with Crippen LogP contribution in [-0.2, 0) is 29.0 Å². The minimum absolute atomic E-state index is 0.0452. The number of hydrogen-bond donors (Lipinski definition) is 1. The van der Waals surface area contributed by atoms with Gasteiger partial charge >= 0.3 is 0 Å².